The fraction of sp³-hybridized carbons (Fsp3) is 0.118. The SMILES string of the molecule is CCOC(=O)C(N=Nc1ccccc1)=C(O)c1c(N)cccc1N. The molecule has 0 spiro atoms. The van der Waals surface area contributed by atoms with E-state index in [0.29, 0.717) is 5.69 Å². The summed E-state index contributed by atoms with van der Waals surface area (Å²) in [5.41, 5.74) is 12.4. The molecule has 5 N–H and O–H groups in total. The lowest BCUT2D eigenvalue weighted by molar-refractivity contribution is -0.138. The fourth-order valence-electron chi connectivity index (χ4n) is 1.97. The van der Waals surface area contributed by atoms with Gasteiger partial charge >= 0.3 is 5.97 Å². The molecular formula is C17H18N4O3. The Morgan fingerprint density at radius 1 is 1.08 bits per heavy atom. The van der Waals surface area contributed by atoms with Gasteiger partial charge in [0.15, 0.2) is 5.76 Å². The molecule has 2 aromatic carbocycles. The Balaban J connectivity index is 2.53. The first-order valence-electron chi connectivity index (χ1n) is 7.26. The van der Waals surface area contributed by atoms with Crippen molar-refractivity contribution >= 4 is 28.8 Å². The minimum Gasteiger partial charge on any atom is -0.505 e. The van der Waals surface area contributed by atoms with E-state index in [2.05, 4.69) is 10.2 Å². The summed E-state index contributed by atoms with van der Waals surface area (Å²) in [6.07, 6.45) is 0. The summed E-state index contributed by atoms with van der Waals surface area (Å²) in [4.78, 5) is 12.1. The monoisotopic (exact) mass is 326 g/mol. The van der Waals surface area contributed by atoms with Crippen molar-refractivity contribution in [3.63, 3.8) is 0 Å². The number of hydrogen-bond donors (Lipinski definition) is 3. The van der Waals surface area contributed by atoms with E-state index in [9.17, 15) is 9.90 Å². The number of benzene rings is 2. The van der Waals surface area contributed by atoms with Gasteiger partial charge in [0.2, 0.25) is 5.70 Å². The van der Waals surface area contributed by atoms with Crippen LogP contribution >= 0.6 is 0 Å². The third kappa shape index (κ3) is 3.89. The zero-order chi connectivity index (χ0) is 17.5. The maximum atomic E-state index is 12.1. The Labute approximate surface area is 139 Å². The van der Waals surface area contributed by atoms with Crippen molar-refractivity contribution in [2.24, 2.45) is 10.2 Å². The van der Waals surface area contributed by atoms with Gasteiger partial charge < -0.3 is 21.3 Å². The average Bonchev–Trinajstić information content (AvgIpc) is 2.56. The first kappa shape index (κ1) is 17.0. The molecular weight excluding hydrogens is 308 g/mol. The summed E-state index contributed by atoms with van der Waals surface area (Å²) in [6, 6.07) is 13.5. The van der Waals surface area contributed by atoms with E-state index in [1.807, 2.05) is 6.07 Å². The molecule has 0 saturated heterocycles. The number of nitrogens with zero attached hydrogens (tertiary/aromatic N) is 2. The number of ether oxygens (including phenoxy) is 1. The van der Waals surface area contributed by atoms with Crippen LogP contribution in [0, 0.1) is 0 Å². The van der Waals surface area contributed by atoms with E-state index in [-0.39, 0.29) is 29.2 Å². The van der Waals surface area contributed by atoms with E-state index in [0.717, 1.165) is 0 Å². The van der Waals surface area contributed by atoms with E-state index in [1.54, 1.807) is 49.4 Å². The zero-order valence-corrected chi connectivity index (χ0v) is 13.1. The number of carbonyl (C=O) groups is 1. The van der Waals surface area contributed by atoms with Crippen molar-refractivity contribution in [2.45, 2.75) is 6.92 Å². The van der Waals surface area contributed by atoms with Gasteiger partial charge in [0.25, 0.3) is 0 Å². The number of aliphatic hydroxyl groups is 1. The lowest BCUT2D eigenvalue weighted by atomic mass is 10.1. The predicted octanol–water partition coefficient (Wildman–Crippen LogP) is 3.42. The first-order valence-corrected chi connectivity index (χ1v) is 7.26. The van der Waals surface area contributed by atoms with Crippen LogP contribution in [0.4, 0.5) is 17.1 Å². The summed E-state index contributed by atoms with van der Waals surface area (Å²) in [5.74, 6) is -1.30. The normalized spacial score (nSPS) is 12.0. The second-order valence-electron chi connectivity index (χ2n) is 4.76. The van der Waals surface area contributed by atoms with Crippen LogP contribution < -0.4 is 11.5 Å². The van der Waals surface area contributed by atoms with Crippen LogP contribution in [0.15, 0.2) is 64.5 Å². The van der Waals surface area contributed by atoms with Crippen molar-refractivity contribution in [3.05, 3.63) is 59.8 Å². The van der Waals surface area contributed by atoms with Crippen LogP contribution in [-0.2, 0) is 9.53 Å². The average molecular weight is 326 g/mol. The van der Waals surface area contributed by atoms with Gasteiger partial charge in [-0.25, -0.2) is 4.79 Å². The molecule has 0 bridgehead atoms. The van der Waals surface area contributed by atoms with Crippen LogP contribution in [0.3, 0.4) is 0 Å². The molecule has 0 saturated carbocycles. The molecule has 0 amide bonds. The van der Waals surface area contributed by atoms with E-state index in [4.69, 9.17) is 16.2 Å². The Bertz CT molecular complexity index is 765. The third-order valence-corrected chi connectivity index (χ3v) is 3.08. The minimum atomic E-state index is -0.822. The maximum Gasteiger partial charge on any atom is 0.362 e. The van der Waals surface area contributed by atoms with Gasteiger partial charge in [-0.05, 0) is 31.2 Å². The molecule has 0 aliphatic carbocycles. The number of anilines is 2. The Morgan fingerprint density at radius 3 is 2.29 bits per heavy atom. The van der Waals surface area contributed by atoms with Gasteiger partial charge in [-0.15, -0.1) is 5.11 Å². The molecule has 0 radical (unpaired) electrons. The molecule has 24 heavy (non-hydrogen) atoms. The summed E-state index contributed by atoms with van der Waals surface area (Å²) >= 11 is 0. The van der Waals surface area contributed by atoms with Crippen molar-refractivity contribution in [1.82, 2.24) is 0 Å². The lowest BCUT2D eigenvalue weighted by Gasteiger charge is -2.10. The van der Waals surface area contributed by atoms with Gasteiger partial charge in [0, 0.05) is 11.4 Å². The standard InChI is InChI=1S/C17H18N4O3/c1-2-24-17(23)15(21-20-11-7-4-3-5-8-11)16(22)14-12(18)9-6-10-13(14)19/h3-10,22H,2,18-19H2,1H3. The van der Waals surface area contributed by atoms with Crippen LogP contribution in [0.5, 0.6) is 0 Å². The Hall–Kier alpha value is -3.35. The van der Waals surface area contributed by atoms with E-state index >= 15 is 0 Å². The van der Waals surface area contributed by atoms with E-state index in [1.165, 1.54) is 0 Å². The van der Waals surface area contributed by atoms with E-state index < -0.39 is 11.7 Å². The van der Waals surface area contributed by atoms with Gasteiger partial charge in [-0.2, -0.15) is 5.11 Å². The number of rotatable bonds is 5. The molecule has 124 valence electrons. The first-order chi connectivity index (χ1) is 11.5. The fourth-order valence-corrected chi connectivity index (χ4v) is 1.97. The van der Waals surface area contributed by atoms with Crippen molar-refractivity contribution in [2.75, 3.05) is 18.1 Å². The zero-order valence-electron chi connectivity index (χ0n) is 13.1. The number of nitrogen functional groups attached to an aromatic ring is 2. The highest BCUT2D eigenvalue weighted by Gasteiger charge is 2.21. The topological polar surface area (TPSA) is 123 Å². The number of hydrogen-bond acceptors (Lipinski definition) is 7. The van der Waals surface area contributed by atoms with Gasteiger partial charge in [-0.1, -0.05) is 24.3 Å². The molecule has 0 fully saturated rings. The summed E-state index contributed by atoms with van der Waals surface area (Å²) in [7, 11) is 0. The number of nitrogens with two attached hydrogens (primary N) is 2. The van der Waals surface area contributed by atoms with Crippen LogP contribution in [0.25, 0.3) is 5.76 Å². The molecule has 2 rings (SSSR count). The molecule has 0 atom stereocenters. The molecule has 0 aliphatic heterocycles. The molecule has 0 aromatic heterocycles. The molecule has 0 aliphatic rings. The molecule has 7 heteroatoms. The number of carbonyl (C=O) groups excluding carboxylic acids is 1. The molecule has 7 nitrogen and oxygen atoms in total. The lowest BCUT2D eigenvalue weighted by Crippen LogP contribution is -2.10. The second kappa shape index (κ2) is 7.77. The molecule has 2 aromatic rings. The van der Waals surface area contributed by atoms with Gasteiger partial charge in [-0.3, -0.25) is 0 Å². The van der Waals surface area contributed by atoms with Crippen LogP contribution in [0.1, 0.15) is 12.5 Å². The largest absolute Gasteiger partial charge is 0.505 e. The molecule has 0 unspecified atom stereocenters. The van der Waals surface area contributed by atoms with Gasteiger partial charge in [0.05, 0.1) is 17.9 Å². The third-order valence-electron chi connectivity index (χ3n) is 3.08. The quantitative estimate of drug-likeness (QED) is 0.255. The number of aliphatic hydroxyl groups excluding tert-OH is 1. The highest BCUT2D eigenvalue weighted by molar-refractivity contribution is 5.98. The summed E-state index contributed by atoms with van der Waals surface area (Å²) in [5, 5.41) is 18.3. The Morgan fingerprint density at radius 2 is 1.71 bits per heavy atom. The van der Waals surface area contributed by atoms with Crippen molar-refractivity contribution in [1.29, 1.82) is 0 Å². The second-order valence-corrected chi connectivity index (χ2v) is 4.76. The molecule has 0 heterocycles. The van der Waals surface area contributed by atoms with Gasteiger partial charge in [0.1, 0.15) is 0 Å². The minimum absolute atomic E-state index is 0.118. The maximum absolute atomic E-state index is 12.1. The van der Waals surface area contributed by atoms with Crippen molar-refractivity contribution < 1.29 is 14.6 Å². The van der Waals surface area contributed by atoms with Crippen molar-refractivity contribution in [3.8, 4) is 0 Å². The predicted molar refractivity (Wildman–Crippen MR) is 92.4 cm³/mol. The highest BCUT2D eigenvalue weighted by atomic mass is 16.5. The Kier molecular flexibility index (Phi) is 5.51. The smallest absolute Gasteiger partial charge is 0.362 e. The number of azo groups is 1. The summed E-state index contributed by atoms with van der Waals surface area (Å²) < 4.78 is 4.92. The highest BCUT2D eigenvalue weighted by Crippen LogP contribution is 2.29. The summed E-state index contributed by atoms with van der Waals surface area (Å²) in [6.45, 7) is 1.77. The number of esters is 1. The van der Waals surface area contributed by atoms with Crippen LogP contribution in [-0.4, -0.2) is 17.7 Å². The van der Waals surface area contributed by atoms with Crippen LogP contribution in [0.2, 0.25) is 0 Å².